The van der Waals surface area contributed by atoms with E-state index in [4.69, 9.17) is 4.74 Å². The maximum atomic E-state index is 11.4. The molecule has 1 heterocycles. The molecule has 102 valence electrons. The van der Waals surface area contributed by atoms with E-state index < -0.39 is 11.6 Å². The van der Waals surface area contributed by atoms with Crippen molar-refractivity contribution >= 4 is 27.4 Å². The molecule has 0 aliphatic carbocycles. The highest BCUT2D eigenvalue weighted by atomic mass is 32.1. The maximum absolute atomic E-state index is 11.4. The Morgan fingerprint density at radius 3 is 2.79 bits per heavy atom. The van der Waals surface area contributed by atoms with Gasteiger partial charge in [0.15, 0.2) is 5.60 Å². The average molecular weight is 278 g/mol. The zero-order chi connectivity index (χ0) is 13.9. The van der Waals surface area contributed by atoms with Crippen LogP contribution in [-0.2, 0) is 16.0 Å². The summed E-state index contributed by atoms with van der Waals surface area (Å²) in [4.78, 5) is 12.5. The zero-order valence-electron chi connectivity index (χ0n) is 11.2. The van der Waals surface area contributed by atoms with E-state index in [9.17, 15) is 9.90 Å². The number of aliphatic carboxylic acids is 1. The lowest BCUT2D eigenvalue weighted by atomic mass is 10.0. The van der Waals surface area contributed by atoms with E-state index in [1.807, 2.05) is 25.1 Å². The van der Waals surface area contributed by atoms with Crippen LogP contribution in [0.1, 0.15) is 25.1 Å². The minimum atomic E-state index is -1.14. The Balaban J connectivity index is 2.23. The van der Waals surface area contributed by atoms with E-state index in [-0.39, 0.29) is 0 Å². The first kappa shape index (κ1) is 14.0. The van der Waals surface area contributed by atoms with Crippen molar-refractivity contribution in [2.75, 3.05) is 6.61 Å². The first-order valence-corrected chi connectivity index (χ1v) is 7.21. The summed E-state index contributed by atoms with van der Waals surface area (Å²) in [5.74, 6) is -0.904. The summed E-state index contributed by atoms with van der Waals surface area (Å²) in [5.41, 5.74) is -1.14. The topological polar surface area (TPSA) is 46.5 Å². The Morgan fingerprint density at radius 2 is 2.16 bits per heavy atom. The molecule has 1 aromatic heterocycles. The predicted octanol–water partition coefficient (Wildman–Crippen LogP) is 3.71. The van der Waals surface area contributed by atoms with Crippen LogP contribution in [0.25, 0.3) is 10.1 Å². The molecule has 19 heavy (non-hydrogen) atoms. The minimum absolute atomic E-state index is 0.404. The number of fused-ring (bicyclic) bond motifs is 1. The normalized spacial score (nSPS) is 14.4. The number of ether oxygens (including phenoxy) is 1. The smallest absolute Gasteiger partial charge is 0.336 e. The number of benzene rings is 1. The average Bonchev–Trinajstić information content (AvgIpc) is 2.78. The lowest BCUT2D eigenvalue weighted by Crippen LogP contribution is -2.40. The molecule has 1 atom stereocenters. The van der Waals surface area contributed by atoms with Crippen LogP contribution in [-0.4, -0.2) is 23.3 Å². The number of hydrogen-bond acceptors (Lipinski definition) is 3. The molecule has 0 saturated carbocycles. The third-order valence-electron chi connectivity index (χ3n) is 3.07. The van der Waals surface area contributed by atoms with Crippen LogP contribution in [0.3, 0.4) is 0 Å². The molecule has 0 amide bonds. The molecule has 2 rings (SSSR count). The first-order chi connectivity index (χ1) is 9.05. The number of rotatable bonds is 6. The minimum Gasteiger partial charge on any atom is -0.479 e. The SMILES string of the molecule is CCCOC(C)(Cc1cc2ccccc2s1)C(=O)O. The molecule has 0 radical (unpaired) electrons. The fourth-order valence-corrected chi connectivity index (χ4v) is 3.18. The highest BCUT2D eigenvalue weighted by Gasteiger charge is 2.34. The van der Waals surface area contributed by atoms with Crippen LogP contribution >= 0.6 is 11.3 Å². The van der Waals surface area contributed by atoms with Crippen LogP contribution < -0.4 is 0 Å². The Labute approximate surface area is 116 Å². The molecular weight excluding hydrogens is 260 g/mol. The monoisotopic (exact) mass is 278 g/mol. The van der Waals surface area contributed by atoms with Gasteiger partial charge in [-0.25, -0.2) is 4.79 Å². The van der Waals surface area contributed by atoms with Crippen molar-refractivity contribution < 1.29 is 14.6 Å². The van der Waals surface area contributed by atoms with E-state index in [0.29, 0.717) is 13.0 Å². The van der Waals surface area contributed by atoms with Gasteiger partial charge in [-0.2, -0.15) is 0 Å². The van der Waals surface area contributed by atoms with Crippen molar-refractivity contribution in [3.05, 3.63) is 35.2 Å². The molecule has 1 aromatic carbocycles. The van der Waals surface area contributed by atoms with Crippen molar-refractivity contribution in [2.24, 2.45) is 0 Å². The highest BCUT2D eigenvalue weighted by Crippen LogP contribution is 2.29. The zero-order valence-corrected chi connectivity index (χ0v) is 12.0. The van der Waals surface area contributed by atoms with Gasteiger partial charge in [0.2, 0.25) is 0 Å². The van der Waals surface area contributed by atoms with Gasteiger partial charge in [-0.1, -0.05) is 25.1 Å². The van der Waals surface area contributed by atoms with Crippen LogP contribution in [0, 0.1) is 0 Å². The van der Waals surface area contributed by atoms with Crippen molar-refractivity contribution in [1.82, 2.24) is 0 Å². The highest BCUT2D eigenvalue weighted by molar-refractivity contribution is 7.19. The molecule has 0 bridgehead atoms. The largest absolute Gasteiger partial charge is 0.479 e. The maximum Gasteiger partial charge on any atom is 0.336 e. The van der Waals surface area contributed by atoms with Gasteiger partial charge in [-0.15, -0.1) is 11.3 Å². The number of carboxylic acids is 1. The summed E-state index contributed by atoms with van der Waals surface area (Å²) >= 11 is 1.63. The van der Waals surface area contributed by atoms with Gasteiger partial charge in [-0.05, 0) is 30.9 Å². The second kappa shape index (κ2) is 5.72. The van der Waals surface area contributed by atoms with E-state index in [2.05, 4.69) is 12.1 Å². The standard InChI is InChI=1S/C15H18O3S/c1-3-8-18-15(2,14(16)17)10-12-9-11-6-4-5-7-13(11)19-12/h4-7,9H,3,8,10H2,1-2H3,(H,16,17). The van der Waals surface area contributed by atoms with Crippen LogP contribution in [0.4, 0.5) is 0 Å². The first-order valence-electron chi connectivity index (χ1n) is 6.40. The molecule has 0 saturated heterocycles. The van der Waals surface area contributed by atoms with Crippen LogP contribution in [0.15, 0.2) is 30.3 Å². The van der Waals surface area contributed by atoms with E-state index >= 15 is 0 Å². The fourth-order valence-electron chi connectivity index (χ4n) is 1.97. The molecule has 0 aliphatic rings. The van der Waals surface area contributed by atoms with Gasteiger partial charge in [0.05, 0.1) is 0 Å². The van der Waals surface area contributed by atoms with Crippen LogP contribution in [0.5, 0.6) is 0 Å². The van der Waals surface area contributed by atoms with Gasteiger partial charge in [-0.3, -0.25) is 0 Å². The number of hydrogen-bond donors (Lipinski definition) is 1. The molecule has 0 aliphatic heterocycles. The third-order valence-corrected chi connectivity index (χ3v) is 4.18. The Bertz CT molecular complexity index is 543. The van der Waals surface area contributed by atoms with E-state index in [0.717, 1.165) is 16.7 Å². The second-order valence-electron chi connectivity index (χ2n) is 4.81. The van der Waals surface area contributed by atoms with Crippen LogP contribution in [0.2, 0.25) is 0 Å². The van der Waals surface area contributed by atoms with Gasteiger partial charge < -0.3 is 9.84 Å². The molecule has 2 aromatic rings. The van der Waals surface area contributed by atoms with E-state index in [1.54, 1.807) is 18.3 Å². The number of thiophene rings is 1. The Morgan fingerprint density at radius 1 is 1.42 bits per heavy atom. The van der Waals surface area contributed by atoms with Gasteiger partial charge in [0, 0.05) is 22.6 Å². The fraction of sp³-hybridized carbons (Fsp3) is 0.400. The number of carboxylic acid groups (broad SMARTS) is 1. The summed E-state index contributed by atoms with van der Waals surface area (Å²) in [6.45, 7) is 4.09. The molecule has 0 spiro atoms. The molecule has 3 nitrogen and oxygen atoms in total. The van der Waals surface area contributed by atoms with Crippen molar-refractivity contribution in [2.45, 2.75) is 32.3 Å². The van der Waals surface area contributed by atoms with E-state index in [1.165, 1.54) is 4.70 Å². The lowest BCUT2D eigenvalue weighted by molar-refractivity contribution is -0.163. The third kappa shape index (κ3) is 3.14. The molecule has 4 heteroatoms. The Kier molecular flexibility index (Phi) is 4.22. The summed E-state index contributed by atoms with van der Waals surface area (Å²) < 4.78 is 6.73. The summed E-state index contributed by atoms with van der Waals surface area (Å²) in [5, 5.41) is 10.5. The molecule has 0 fully saturated rings. The number of carbonyl (C=O) groups is 1. The molecule has 1 N–H and O–H groups in total. The predicted molar refractivity (Wildman–Crippen MR) is 77.8 cm³/mol. The summed E-state index contributed by atoms with van der Waals surface area (Å²) in [6, 6.07) is 10.1. The van der Waals surface area contributed by atoms with Crippen molar-refractivity contribution in [3.63, 3.8) is 0 Å². The van der Waals surface area contributed by atoms with Gasteiger partial charge in [0.25, 0.3) is 0 Å². The molecular formula is C15H18O3S. The lowest BCUT2D eigenvalue weighted by Gasteiger charge is -2.24. The molecule has 1 unspecified atom stereocenters. The van der Waals surface area contributed by atoms with Gasteiger partial charge >= 0.3 is 5.97 Å². The Hall–Kier alpha value is -1.39. The van der Waals surface area contributed by atoms with Crippen molar-refractivity contribution in [3.8, 4) is 0 Å². The van der Waals surface area contributed by atoms with Gasteiger partial charge in [0.1, 0.15) is 0 Å². The quantitative estimate of drug-likeness (QED) is 0.876. The summed E-state index contributed by atoms with van der Waals surface area (Å²) in [6.07, 6.45) is 1.22. The second-order valence-corrected chi connectivity index (χ2v) is 5.98. The summed E-state index contributed by atoms with van der Waals surface area (Å²) in [7, 11) is 0. The van der Waals surface area contributed by atoms with Crippen molar-refractivity contribution in [1.29, 1.82) is 0 Å².